The van der Waals surface area contributed by atoms with Crippen LogP contribution in [0, 0.1) is 11.8 Å². The Morgan fingerprint density at radius 1 is 1.08 bits per heavy atom. The van der Waals surface area contributed by atoms with Crippen LogP contribution in [0.4, 0.5) is 15.9 Å². The summed E-state index contributed by atoms with van der Waals surface area (Å²) in [6.45, 7) is 3.18. The van der Waals surface area contributed by atoms with Crippen LogP contribution in [0.2, 0.25) is 0 Å². The van der Waals surface area contributed by atoms with Crippen LogP contribution >= 0.6 is 11.3 Å². The molecule has 2 amide bonds. The lowest BCUT2D eigenvalue weighted by Crippen LogP contribution is -2.31. The molecule has 0 atom stereocenters. The first kappa shape index (κ1) is 26.5. The van der Waals surface area contributed by atoms with E-state index < -0.39 is 5.97 Å². The molecule has 1 aromatic carbocycles. The van der Waals surface area contributed by atoms with Gasteiger partial charge in [-0.25, -0.2) is 19.7 Å². The van der Waals surface area contributed by atoms with Crippen molar-refractivity contribution < 1.29 is 14.7 Å². The second-order valence-electron chi connectivity index (χ2n) is 9.80. The molecule has 39 heavy (non-hydrogen) atoms. The van der Waals surface area contributed by atoms with E-state index in [1.54, 1.807) is 6.20 Å². The molecule has 11 heteroatoms. The number of rotatable bonds is 8. The van der Waals surface area contributed by atoms with Crippen molar-refractivity contribution in [3.05, 3.63) is 48.9 Å². The summed E-state index contributed by atoms with van der Waals surface area (Å²) in [5, 5.41) is 15.3. The lowest BCUT2D eigenvalue weighted by atomic mass is 9.82. The first-order valence-electron chi connectivity index (χ1n) is 13.1. The highest BCUT2D eigenvalue weighted by molar-refractivity contribution is 7.22. The van der Waals surface area contributed by atoms with Crippen molar-refractivity contribution >= 4 is 44.6 Å². The normalized spacial score (nSPS) is 17.1. The van der Waals surface area contributed by atoms with Crippen LogP contribution in [-0.2, 0) is 4.79 Å². The topological polar surface area (TPSA) is 133 Å². The SMILES string of the molecule is CCNC(=O)Nc1nc2cc(-c3cnc(N(C)CC4CCC(C(=O)O)CC4)nc3)cc(-c3ccccn3)c2s1. The van der Waals surface area contributed by atoms with Crippen molar-refractivity contribution in [2.24, 2.45) is 11.8 Å². The number of carbonyl (C=O) groups is 2. The fourth-order valence-corrected chi connectivity index (χ4v) is 5.96. The number of aromatic nitrogens is 4. The predicted molar refractivity (Wildman–Crippen MR) is 153 cm³/mol. The first-order valence-corrected chi connectivity index (χ1v) is 13.9. The molecule has 1 saturated carbocycles. The molecule has 1 fully saturated rings. The number of carboxylic acid groups (broad SMARTS) is 1. The lowest BCUT2D eigenvalue weighted by Gasteiger charge is -2.29. The zero-order valence-corrected chi connectivity index (χ0v) is 22.7. The molecule has 0 unspecified atom stereocenters. The lowest BCUT2D eigenvalue weighted by molar-refractivity contribution is -0.143. The Morgan fingerprint density at radius 2 is 1.85 bits per heavy atom. The molecule has 0 spiro atoms. The molecule has 1 aliphatic carbocycles. The Morgan fingerprint density at radius 3 is 2.51 bits per heavy atom. The van der Waals surface area contributed by atoms with E-state index in [-0.39, 0.29) is 11.9 Å². The number of carboxylic acids is 1. The van der Waals surface area contributed by atoms with Gasteiger partial charge in [-0.2, -0.15) is 0 Å². The number of hydrogen-bond donors (Lipinski definition) is 3. The number of nitrogens with zero attached hydrogens (tertiary/aromatic N) is 5. The van der Waals surface area contributed by atoms with Gasteiger partial charge in [-0.1, -0.05) is 17.4 Å². The van der Waals surface area contributed by atoms with Crippen LogP contribution in [0.1, 0.15) is 32.6 Å². The van der Waals surface area contributed by atoms with Crippen LogP contribution in [-0.4, -0.2) is 57.2 Å². The highest BCUT2D eigenvalue weighted by atomic mass is 32.1. The van der Waals surface area contributed by atoms with Gasteiger partial charge < -0.3 is 15.3 Å². The minimum Gasteiger partial charge on any atom is -0.481 e. The number of anilines is 2. The van der Waals surface area contributed by atoms with E-state index in [9.17, 15) is 14.7 Å². The van der Waals surface area contributed by atoms with Crippen LogP contribution < -0.4 is 15.5 Å². The standard InChI is InChI=1S/C28H31N7O3S/c1-3-29-27(38)34-28-33-23-13-19(12-21(24(23)39-28)22-6-4-5-11-30-22)20-14-31-26(32-15-20)35(2)16-17-7-9-18(10-8-17)25(36)37/h4-6,11-15,17-18H,3,7-10,16H2,1-2H3,(H,36,37)(H2,29,33,34,38). The quantitative estimate of drug-likeness (QED) is 0.272. The molecular weight excluding hydrogens is 514 g/mol. The maximum atomic E-state index is 12.1. The molecule has 1 aliphatic rings. The van der Waals surface area contributed by atoms with Gasteiger partial charge in [0, 0.05) is 49.9 Å². The van der Waals surface area contributed by atoms with E-state index in [0.29, 0.717) is 23.5 Å². The van der Waals surface area contributed by atoms with Gasteiger partial charge in [0.25, 0.3) is 0 Å². The molecule has 5 rings (SSSR count). The highest BCUT2D eigenvalue weighted by Crippen LogP contribution is 2.38. The molecule has 0 bridgehead atoms. The monoisotopic (exact) mass is 545 g/mol. The smallest absolute Gasteiger partial charge is 0.321 e. The molecule has 202 valence electrons. The predicted octanol–water partition coefficient (Wildman–Crippen LogP) is 5.28. The number of aliphatic carboxylic acids is 1. The highest BCUT2D eigenvalue weighted by Gasteiger charge is 2.27. The molecule has 0 aliphatic heterocycles. The van der Waals surface area contributed by atoms with Crippen LogP contribution in [0.15, 0.2) is 48.9 Å². The number of hydrogen-bond acceptors (Lipinski definition) is 8. The Kier molecular flexibility index (Phi) is 7.97. The zero-order chi connectivity index (χ0) is 27.4. The van der Waals surface area contributed by atoms with Gasteiger partial charge in [0.15, 0.2) is 5.13 Å². The number of carbonyl (C=O) groups excluding carboxylic acids is 1. The van der Waals surface area contributed by atoms with E-state index in [1.807, 2.05) is 55.5 Å². The summed E-state index contributed by atoms with van der Waals surface area (Å²) in [5.74, 6) is 0.169. The van der Waals surface area contributed by atoms with Crippen molar-refractivity contribution in [3.63, 3.8) is 0 Å². The molecule has 3 aromatic heterocycles. The van der Waals surface area contributed by atoms with Crippen molar-refractivity contribution in [1.82, 2.24) is 25.3 Å². The molecule has 3 N–H and O–H groups in total. The number of benzene rings is 1. The number of fused-ring (bicyclic) bond motifs is 1. The largest absolute Gasteiger partial charge is 0.481 e. The van der Waals surface area contributed by atoms with Crippen molar-refractivity contribution in [3.8, 4) is 22.4 Å². The number of thiazole rings is 1. The molecule has 4 aromatic rings. The molecule has 10 nitrogen and oxygen atoms in total. The summed E-state index contributed by atoms with van der Waals surface area (Å²) >= 11 is 1.41. The van der Waals surface area contributed by atoms with Gasteiger partial charge in [0.2, 0.25) is 5.95 Å². The van der Waals surface area contributed by atoms with Gasteiger partial charge in [-0.05, 0) is 68.4 Å². The fourth-order valence-electron chi connectivity index (χ4n) is 5.00. The average molecular weight is 546 g/mol. The van der Waals surface area contributed by atoms with Crippen molar-refractivity contribution in [2.75, 3.05) is 30.4 Å². The van der Waals surface area contributed by atoms with Crippen LogP contribution in [0.3, 0.4) is 0 Å². The third-order valence-electron chi connectivity index (χ3n) is 7.03. The van der Waals surface area contributed by atoms with Crippen molar-refractivity contribution in [2.45, 2.75) is 32.6 Å². The van der Waals surface area contributed by atoms with E-state index in [1.165, 1.54) is 11.3 Å². The van der Waals surface area contributed by atoms with Crippen LogP contribution in [0.25, 0.3) is 32.6 Å². The summed E-state index contributed by atoms with van der Waals surface area (Å²) in [5.41, 5.74) is 4.23. The summed E-state index contributed by atoms with van der Waals surface area (Å²) in [6.07, 6.45) is 8.64. The minimum absolute atomic E-state index is 0.214. The Balaban J connectivity index is 1.38. The van der Waals surface area contributed by atoms with Gasteiger partial charge >= 0.3 is 12.0 Å². The zero-order valence-electron chi connectivity index (χ0n) is 21.9. The number of urea groups is 1. The summed E-state index contributed by atoms with van der Waals surface area (Å²) in [4.78, 5) is 43.8. The average Bonchev–Trinajstić information content (AvgIpc) is 3.35. The van der Waals surface area contributed by atoms with Gasteiger partial charge in [-0.3, -0.25) is 15.1 Å². The second-order valence-corrected chi connectivity index (χ2v) is 10.8. The van der Waals surface area contributed by atoms with Gasteiger partial charge in [-0.15, -0.1) is 0 Å². The Bertz CT molecular complexity index is 1450. The number of pyridine rings is 1. The number of amides is 2. The Hall–Kier alpha value is -4.12. The van der Waals surface area contributed by atoms with E-state index >= 15 is 0 Å². The summed E-state index contributed by atoms with van der Waals surface area (Å²) in [7, 11) is 1.97. The summed E-state index contributed by atoms with van der Waals surface area (Å²) < 4.78 is 0.930. The molecular formula is C28H31N7O3S. The fraction of sp³-hybridized carbons (Fsp3) is 0.357. The van der Waals surface area contributed by atoms with Crippen molar-refractivity contribution in [1.29, 1.82) is 0 Å². The second kappa shape index (κ2) is 11.7. The third-order valence-corrected chi connectivity index (χ3v) is 8.05. The third kappa shape index (κ3) is 6.14. The minimum atomic E-state index is -0.683. The van der Waals surface area contributed by atoms with Crippen LogP contribution in [0.5, 0.6) is 0 Å². The van der Waals surface area contributed by atoms with E-state index in [2.05, 4.69) is 36.6 Å². The number of nitrogens with one attached hydrogen (secondary N) is 2. The van der Waals surface area contributed by atoms with Gasteiger partial charge in [0.1, 0.15) is 0 Å². The molecule has 3 heterocycles. The van der Waals surface area contributed by atoms with E-state index in [4.69, 9.17) is 0 Å². The maximum Gasteiger partial charge on any atom is 0.321 e. The van der Waals surface area contributed by atoms with Gasteiger partial charge in [0.05, 0.1) is 21.8 Å². The van der Waals surface area contributed by atoms with E-state index in [0.717, 1.165) is 64.8 Å². The Labute approximate surface area is 230 Å². The molecule has 0 saturated heterocycles. The summed E-state index contributed by atoms with van der Waals surface area (Å²) in [6, 6.07) is 9.51. The maximum absolute atomic E-state index is 12.1. The molecule has 0 radical (unpaired) electrons. The first-order chi connectivity index (χ1) is 18.9.